The second-order valence-corrected chi connectivity index (χ2v) is 7.82. The Hall–Kier alpha value is -1.55. The number of allylic oxidation sites excluding steroid dienone is 6. The standard InChI is InChI=1S/C22H26O/c1-3-4-5-16-7-11-21-20-9-6-15-14-17(23)8-10-18(15)19(20)12-13-22(16,21)2/h6-7,20-21H,3,8-14H2,1-2H3/t20?,21?,22-/m1/s1. The second-order valence-electron chi connectivity index (χ2n) is 7.82. The quantitative estimate of drug-likeness (QED) is 0.566. The normalized spacial score (nSPS) is 35.5. The lowest BCUT2D eigenvalue weighted by Gasteiger charge is -2.47. The molecule has 4 rings (SSSR count). The molecule has 0 aromatic rings. The molecule has 0 spiro atoms. The largest absolute Gasteiger partial charge is 0.299 e. The van der Waals surface area contributed by atoms with Gasteiger partial charge in [0.15, 0.2) is 0 Å². The number of carbonyl (C=O) groups excluding carboxylic acids is 1. The monoisotopic (exact) mass is 306 g/mol. The van der Waals surface area contributed by atoms with Crippen LogP contribution in [0, 0.1) is 29.1 Å². The van der Waals surface area contributed by atoms with E-state index in [1.54, 1.807) is 11.1 Å². The van der Waals surface area contributed by atoms with Crippen molar-refractivity contribution in [3.05, 3.63) is 34.4 Å². The van der Waals surface area contributed by atoms with Gasteiger partial charge >= 0.3 is 0 Å². The van der Waals surface area contributed by atoms with Crippen molar-refractivity contribution in [1.29, 1.82) is 0 Å². The zero-order valence-corrected chi connectivity index (χ0v) is 14.4. The highest BCUT2D eigenvalue weighted by Gasteiger charge is 2.49. The van der Waals surface area contributed by atoms with Gasteiger partial charge in [-0.05, 0) is 55.1 Å². The molecule has 1 nitrogen and oxygen atoms in total. The van der Waals surface area contributed by atoms with Gasteiger partial charge in [-0.1, -0.05) is 43.4 Å². The van der Waals surface area contributed by atoms with Crippen LogP contribution in [0.5, 0.6) is 0 Å². The van der Waals surface area contributed by atoms with Crippen molar-refractivity contribution in [2.45, 2.75) is 65.2 Å². The van der Waals surface area contributed by atoms with E-state index in [1.807, 2.05) is 0 Å². The molecular weight excluding hydrogens is 280 g/mol. The number of carbonyl (C=O) groups is 1. The smallest absolute Gasteiger partial charge is 0.137 e. The molecule has 0 bridgehead atoms. The molecular formula is C22H26O. The zero-order valence-electron chi connectivity index (χ0n) is 14.4. The first-order valence-corrected chi connectivity index (χ1v) is 9.26. The van der Waals surface area contributed by atoms with Crippen molar-refractivity contribution >= 4 is 5.78 Å². The highest BCUT2D eigenvalue weighted by molar-refractivity contribution is 5.84. The third-order valence-electron chi connectivity index (χ3n) is 6.69. The Morgan fingerprint density at radius 1 is 1.22 bits per heavy atom. The molecule has 23 heavy (non-hydrogen) atoms. The van der Waals surface area contributed by atoms with Gasteiger partial charge in [-0.15, -0.1) is 0 Å². The molecule has 0 aromatic heterocycles. The van der Waals surface area contributed by atoms with Crippen LogP contribution >= 0.6 is 0 Å². The van der Waals surface area contributed by atoms with Crippen LogP contribution in [0.3, 0.4) is 0 Å². The average molecular weight is 306 g/mol. The first-order valence-electron chi connectivity index (χ1n) is 9.26. The maximum Gasteiger partial charge on any atom is 0.137 e. The SMILES string of the molecule is CCC#CC1=CCC2C3CC=C4CC(=O)CCC4=C3CC[C@]12C. The number of ketones is 1. The first-order chi connectivity index (χ1) is 11.1. The predicted octanol–water partition coefficient (Wildman–Crippen LogP) is 5.14. The van der Waals surface area contributed by atoms with Crippen LogP contribution in [0.2, 0.25) is 0 Å². The molecule has 4 aliphatic carbocycles. The summed E-state index contributed by atoms with van der Waals surface area (Å²) in [4.78, 5) is 11.8. The Balaban J connectivity index is 1.65. The van der Waals surface area contributed by atoms with E-state index in [1.165, 1.54) is 30.4 Å². The molecule has 3 atom stereocenters. The van der Waals surface area contributed by atoms with Crippen molar-refractivity contribution in [3.63, 3.8) is 0 Å². The van der Waals surface area contributed by atoms with Crippen molar-refractivity contribution in [2.24, 2.45) is 17.3 Å². The van der Waals surface area contributed by atoms with E-state index in [2.05, 4.69) is 37.8 Å². The number of rotatable bonds is 0. The van der Waals surface area contributed by atoms with Crippen LogP contribution in [0.25, 0.3) is 0 Å². The van der Waals surface area contributed by atoms with E-state index in [4.69, 9.17) is 0 Å². The minimum absolute atomic E-state index is 0.284. The molecule has 2 saturated carbocycles. The van der Waals surface area contributed by atoms with Gasteiger partial charge in [-0.25, -0.2) is 0 Å². The van der Waals surface area contributed by atoms with Crippen molar-refractivity contribution in [3.8, 4) is 11.8 Å². The first kappa shape index (κ1) is 15.0. The number of hydrogen-bond acceptors (Lipinski definition) is 1. The molecule has 1 heteroatoms. The molecule has 120 valence electrons. The van der Waals surface area contributed by atoms with Gasteiger partial charge in [0.05, 0.1) is 0 Å². The minimum atomic E-state index is 0.284. The third kappa shape index (κ3) is 2.26. The number of fused-ring (bicyclic) bond motifs is 4. The lowest BCUT2D eigenvalue weighted by Crippen LogP contribution is -2.38. The zero-order chi connectivity index (χ0) is 16.0. The van der Waals surface area contributed by atoms with E-state index in [0.717, 1.165) is 31.6 Å². The molecule has 0 aliphatic heterocycles. The summed E-state index contributed by atoms with van der Waals surface area (Å²) < 4.78 is 0. The minimum Gasteiger partial charge on any atom is -0.299 e. The second kappa shape index (κ2) is 5.52. The van der Waals surface area contributed by atoms with Crippen LogP contribution in [-0.2, 0) is 4.79 Å². The summed E-state index contributed by atoms with van der Waals surface area (Å²) in [5, 5.41) is 0. The highest BCUT2D eigenvalue weighted by atomic mass is 16.1. The Morgan fingerprint density at radius 3 is 2.91 bits per heavy atom. The van der Waals surface area contributed by atoms with Gasteiger partial charge in [0.2, 0.25) is 0 Å². The van der Waals surface area contributed by atoms with Crippen molar-refractivity contribution in [2.75, 3.05) is 0 Å². The molecule has 2 unspecified atom stereocenters. The number of Topliss-reactive ketones (excluding diaryl/α,β-unsaturated/α-hetero) is 1. The van der Waals surface area contributed by atoms with Crippen molar-refractivity contribution in [1.82, 2.24) is 0 Å². The molecule has 0 aromatic carbocycles. The Labute approximate surface area is 139 Å². The maximum atomic E-state index is 11.8. The van der Waals surface area contributed by atoms with E-state index in [0.29, 0.717) is 18.1 Å². The summed E-state index contributed by atoms with van der Waals surface area (Å²) in [6, 6.07) is 0. The molecule has 0 N–H and O–H groups in total. The Bertz CT molecular complexity index is 706. The Morgan fingerprint density at radius 2 is 2.09 bits per heavy atom. The van der Waals surface area contributed by atoms with Gasteiger partial charge in [0.1, 0.15) is 5.78 Å². The van der Waals surface area contributed by atoms with Gasteiger partial charge in [-0.2, -0.15) is 0 Å². The van der Waals surface area contributed by atoms with Gasteiger partial charge < -0.3 is 0 Å². The van der Waals surface area contributed by atoms with Crippen LogP contribution in [0.4, 0.5) is 0 Å². The summed E-state index contributed by atoms with van der Waals surface area (Å²) >= 11 is 0. The molecule has 0 radical (unpaired) electrons. The lowest BCUT2D eigenvalue weighted by molar-refractivity contribution is -0.118. The van der Waals surface area contributed by atoms with E-state index < -0.39 is 0 Å². The summed E-state index contributed by atoms with van der Waals surface area (Å²) in [5.74, 6) is 8.59. The van der Waals surface area contributed by atoms with Gasteiger partial charge in [-0.3, -0.25) is 4.79 Å². The number of hydrogen-bond donors (Lipinski definition) is 0. The molecule has 2 fully saturated rings. The predicted molar refractivity (Wildman–Crippen MR) is 93.7 cm³/mol. The molecule has 4 aliphatic rings. The van der Waals surface area contributed by atoms with Gasteiger partial charge in [0.25, 0.3) is 0 Å². The fourth-order valence-corrected chi connectivity index (χ4v) is 5.41. The van der Waals surface area contributed by atoms with E-state index in [-0.39, 0.29) is 5.41 Å². The fraction of sp³-hybridized carbons (Fsp3) is 0.591. The van der Waals surface area contributed by atoms with E-state index in [9.17, 15) is 4.79 Å². The highest BCUT2D eigenvalue weighted by Crippen LogP contribution is 2.59. The van der Waals surface area contributed by atoms with Crippen LogP contribution < -0.4 is 0 Å². The molecule has 0 heterocycles. The molecule has 0 amide bonds. The molecule has 0 saturated heterocycles. The summed E-state index contributed by atoms with van der Waals surface area (Å²) in [7, 11) is 0. The summed E-state index contributed by atoms with van der Waals surface area (Å²) in [5.41, 5.74) is 6.33. The van der Waals surface area contributed by atoms with Gasteiger partial charge in [0, 0.05) is 30.3 Å². The topological polar surface area (TPSA) is 17.1 Å². The Kier molecular flexibility index (Phi) is 3.60. The average Bonchev–Trinajstić information content (AvgIpc) is 2.89. The van der Waals surface area contributed by atoms with E-state index >= 15 is 0 Å². The third-order valence-corrected chi connectivity index (χ3v) is 6.69. The lowest BCUT2D eigenvalue weighted by atomic mass is 9.57. The van der Waals surface area contributed by atoms with Crippen LogP contribution in [0.15, 0.2) is 34.4 Å². The van der Waals surface area contributed by atoms with Crippen LogP contribution in [0.1, 0.15) is 65.2 Å². The maximum absolute atomic E-state index is 11.8. The van der Waals surface area contributed by atoms with Crippen molar-refractivity contribution < 1.29 is 4.79 Å². The summed E-state index contributed by atoms with van der Waals surface area (Å²) in [6.07, 6.45) is 13.0. The summed E-state index contributed by atoms with van der Waals surface area (Å²) in [6.45, 7) is 4.58. The van der Waals surface area contributed by atoms with Crippen LogP contribution in [-0.4, -0.2) is 5.78 Å². The fourth-order valence-electron chi connectivity index (χ4n) is 5.41.